The number of carbonyl (C=O) groups is 1. The lowest BCUT2D eigenvalue weighted by Gasteiger charge is -2.21. The van der Waals surface area contributed by atoms with Crippen LogP contribution in [0, 0.1) is 11.6 Å². The molecule has 26 heavy (non-hydrogen) atoms. The van der Waals surface area contributed by atoms with Crippen molar-refractivity contribution in [1.29, 1.82) is 0 Å². The molecule has 2 aromatic carbocycles. The Morgan fingerprint density at radius 1 is 1.15 bits per heavy atom. The van der Waals surface area contributed by atoms with E-state index in [-0.39, 0.29) is 5.92 Å². The third-order valence-corrected chi connectivity index (χ3v) is 4.84. The predicted octanol–water partition coefficient (Wildman–Crippen LogP) is 4.64. The van der Waals surface area contributed by atoms with E-state index in [2.05, 4.69) is 6.92 Å². The van der Waals surface area contributed by atoms with Gasteiger partial charge in [-0.05, 0) is 23.6 Å². The van der Waals surface area contributed by atoms with E-state index in [4.69, 9.17) is 4.74 Å². The van der Waals surface area contributed by atoms with Crippen molar-refractivity contribution in [2.75, 3.05) is 13.2 Å². The van der Waals surface area contributed by atoms with Gasteiger partial charge in [0, 0.05) is 30.6 Å². The molecule has 0 N–H and O–H groups in total. The maximum absolute atomic E-state index is 13.7. The van der Waals surface area contributed by atoms with Crippen LogP contribution in [0.15, 0.2) is 36.4 Å². The molecule has 0 aliphatic carbocycles. The molecule has 1 unspecified atom stereocenters. The Kier molecular flexibility index (Phi) is 5.86. The van der Waals surface area contributed by atoms with Crippen molar-refractivity contribution in [2.24, 2.45) is 0 Å². The molecule has 3 rings (SSSR count). The van der Waals surface area contributed by atoms with E-state index in [1.54, 1.807) is 4.90 Å². The van der Waals surface area contributed by atoms with Crippen LogP contribution in [0.3, 0.4) is 0 Å². The Labute approximate surface area is 152 Å². The normalized spacial score (nSPS) is 15.4. The molecule has 1 atom stereocenters. The lowest BCUT2D eigenvalue weighted by molar-refractivity contribution is -0.118. The van der Waals surface area contributed by atoms with Crippen molar-refractivity contribution < 1.29 is 18.3 Å². The van der Waals surface area contributed by atoms with Gasteiger partial charge in [0.1, 0.15) is 5.75 Å². The number of carbonyl (C=O) groups excluding carboxylic acids is 1. The number of hydrogen-bond donors (Lipinski definition) is 0. The van der Waals surface area contributed by atoms with Gasteiger partial charge < -0.3 is 9.64 Å². The molecular formula is C21H23F2NO2. The molecule has 0 bridgehead atoms. The molecule has 2 aromatic rings. The van der Waals surface area contributed by atoms with Gasteiger partial charge in [0.15, 0.2) is 11.6 Å². The fourth-order valence-corrected chi connectivity index (χ4v) is 3.43. The fourth-order valence-electron chi connectivity index (χ4n) is 3.43. The van der Waals surface area contributed by atoms with Crippen LogP contribution in [0.4, 0.5) is 8.78 Å². The summed E-state index contributed by atoms with van der Waals surface area (Å²) in [7, 11) is 0. The zero-order valence-corrected chi connectivity index (χ0v) is 14.9. The number of unbranched alkanes of at least 4 members (excludes halogenated alkanes) is 2. The average Bonchev–Trinajstić information content (AvgIpc) is 3.04. The van der Waals surface area contributed by atoms with Crippen LogP contribution in [0.1, 0.15) is 48.8 Å². The van der Waals surface area contributed by atoms with Crippen LogP contribution in [-0.2, 0) is 11.3 Å². The molecule has 1 amide bonds. The van der Waals surface area contributed by atoms with Crippen LogP contribution >= 0.6 is 0 Å². The number of rotatable bonds is 8. The standard InChI is InChI=1S/C21H23F2NO2/c1-2-3-6-9-24(14-25)12-15-7-4-5-8-16(15)18-13-26-21-11-20(23)19(22)10-17(18)21/h4-5,7-8,10-11,14,18H,2-3,6,9,12-13H2,1H3. The smallest absolute Gasteiger partial charge is 0.210 e. The van der Waals surface area contributed by atoms with E-state index in [1.807, 2.05) is 24.3 Å². The van der Waals surface area contributed by atoms with E-state index in [9.17, 15) is 13.6 Å². The Balaban J connectivity index is 1.85. The number of halogens is 2. The molecule has 138 valence electrons. The summed E-state index contributed by atoms with van der Waals surface area (Å²) in [6.07, 6.45) is 4.03. The average molecular weight is 359 g/mol. The number of amides is 1. The molecule has 0 fully saturated rings. The zero-order valence-electron chi connectivity index (χ0n) is 14.9. The monoisotopic (exact) mass is 359 g/mol. The molecule has 3 nitrogen and oxygen atoms in total. The SMILES string of the molecule is CCCCCN(C=O)Cc1ccccc1C1COc2cc(F)c(F)cc21. The first kappa shape index (κ1) is 18.4. The van der Waals surface area contributed by atoms with Crippen molar-refractivity contribution in [3.8, 4) is 5.75 Å². The molecule has 1 aliphatic heterocycles. The van der Waals surface area contributed by atoms with Gasteiger partial charge in [0.2, 0.25) is 6.41 Å². The first-order chi connectivity index (χ1) is 12.6. The highest BCUT2D eigenvalue weighted by Gasteiger charge is 2.29. The third kappa shape index (κ3) is 3.87. The third-order valence-electron chi connectivity index (χ3n) is 4.84. The van der Waals surface area contributed by atoms with E-state index in [0.29, 0.717) is 31.0 Å². The number of hydrogen-bond acceptors (Lipinski definition) is 2. The summed E-state index contributed by atoms with van der Waals surface area (Å²) < 4.78 is 32.7. The van der Waals surface area contributed by atoms with E-state index < -0.39 is 11.6 Å². The summed E-state index contributed by atoms with van der Waals surface area (Å²) in [5, 5.41) is 0. The Hall–Kier alpha value is -2.43. The highest BCUT2D eigenvalue weighted by Crippen LogP contribution is 2.40. The lowest BCUT2D eigenvalue weighted by atomic mass is 9.89. The quantitative estimate of drug-likeness (QED) is 0.508. The van der Waals surface area contributed by atoms with Crippen molar-refractivity contribution in [3.63, 3.8) is 0 Å². The van der Waals surface area contributed by atoms with Crippen molar-refractivity contribution in [3.05, 3.63) is 64.7 Å². The first-order valence-electron chi connectivity index (χ1n) is 9.03. The minimum atomic E-state index is -0.902. The topological polar surface area (TPSA) is 29.5 Å². The van der Waals surface area contributed by atoms with Crippen molar-refractivity contribution >= 4 is 6.41 Å². The molecule has 0 saturated heterocycles. The largest absolute Gasteiger partial charge is 0.492 e. The molecule has 0 spiro atoms. The highest BCUT2D eigenvalue weighted by molar-refractivity contribution is 5.50. The maximum Gasteiger partial charge on any atom is 0.210 e. The molecule has 0 aromatic heterocycles. The molecule has 1 heterocycles. The van der Waals surface area contributed by atoms with Gasteiger partial charge in [-0.3, -0.25) is 4.79 Å². The Bertz CT molecular complexity index is 779. The predicted molar refractivity (Wildman–Crippen MR) is 96.1 cm³/mol. The summed E-state index contributed by atoms with van der Waals surface area (Å²) in [5.41, 5.74) is 2.64. The van der Waals surface area contributed by atoms with Crippen molar-refractivity contribution in [2.45, 2.75) is 38.6 Å². The van der Waals surface area contributed by atoms with Gasteiger partial charge >= 0.3 is 0 Å². The summed E-state index contributed by atoms with van der Waals surface area (Å²) in [6.45, 7) is 3.67. The van der Waals surface area contributed by atoms with Gasteiger partial charge in [-0.1, -0.05) is 44.0 Å². The van der Waals surface area contributed by atoms with E-state index in [0.717, 1.165) is 42.9 Å². The van der Waals surface area contributed by atoms with Crippen LogP contribution in [-0.4, -0.2) is 24.5 Å². The molecule has 0 radical (unpaired) electrons. The number of fused-ring (bicyclic) bond motifs is 1. The summed E-state index contributed by atoms with van der Waals surface area (Å²) >= 11 is 0. The summed E-state index contributed by atoms with van der Waals surface area (Å²) in [6, 6.07) is 10.1. The number of ether oxygens (including phenoxy) is 1. The van der Waals surface area contributed by atoms with Crippen LogP contribution in [0.25, 0.3) is 0 Å². The van der Waals surface area contributed by atoms with Gasteiger partial charge in [-0.25, -0.2) is 8.78 Å². The first-order valence-corrected chi connectivity index (χ1v) is 9.03. The van der Waals surface area contributed by atoms with E-state index in [1.165, 1.54) is 6.07 Å². The molecule has 0 saturated carbocycles. The van der Waals surface area contributed by atoms with Crippen LogP contribution in [0.2, 0.25) is 0 Å². The molecule has 5 heteroatoms. The van der Waals surface area contributed by atoms with Crippen LogP contribution < -0.4 is 4.74 Å². The second kappa shape index (κ2) is 8.30. The Morgan fingerprint density at radius 2 is 1.92 bits per heavy atom. The molecule has 1 aliphatic rings. The minimum Gasteiger partial charge on any atom is -0.492 e. The lowest BCUT2D eigenvalue weighted by Crippen LogP contribution is -2.23. The van der Waals surface area contributed by atoms with Crippen LogP contribution in [0.5, 0.6) is 5.75 Å². The number of benzene rings is 2. The summed E-state index contributed by atoms with van der Waals surface area (Å²) in [5.74, 6) is -1.55. The van der Waals surface area contributed by atoms with E-state index >= 15 is 0 Å². The van der Waals surface area contributed by atoms with Gasteiger partial charge in [-0.15, -0.1) is 0 Å². The number of nitrogens with zero attached hydrogens (tertiary/aromatic N) is 1. The summed E-state index contributed by atoms with van der Waals surface area (Å²) in [4.78, 5) is 13.2. The zero-order chi connectivity index (χ0) is 18.5. The minimum absolute atomic E-state index is 0.166. The van der Waals surface area contributed by atoms with Crippen molar-refractivity contribution in [1.82, 2.24) is 4.90 Å². The second-order valence-electron chi connectivity index (χ2n) is 6.65. The van der Waals surface area contributed by atoms with Gasteiger partial charge in [-0.2, -0.15) is 0 Å². The van der Waals surface area contributed by atoms with Gasteiger partial charge in [0.25, 0.3) is 0 Å². The highest BCUT2D eigenvalue weighted by atomic mass is 19.2. The fraction of sp³-hybridized carbons (Fsp3) is 0.381. The second-order valence-corrected chi connectivity index (χ2v) is 6.65. The maximum atomic E-state index is 13.7. The van der Waals surface area contributed by atoms with Gasteiger partial charge in [0.05, 0.1) is 6.61 Å². The Morgan fingerprint density at radius 3 is 2.69 bits per heavy atom. The molecular weight excluding hydrogens is 336 g/mol.